The van der Waals surface area contributed by atoms with Gasteiger partial charge in [-0.1, -0.05) is 43.8 Å². The molecule has 1 nitrogen and oxygen atoms in total. The summed E-state index contributed by atoms with van der Waals surface area (Å²) in [5.74, 6) is 0.889. The Bertz CT molecular complexity index is 721. The molecule has 0 atom stereocenters. The Kier molecular flexibility index (Phi) is 5.20. The minimum absolute atomic E-state index is 0.889. The van der Waals surface area contributed by atoms with Crippen molar-refractivity contribution in [1.29, 1.82) is 0 Å². The van der Waals surface area contributed by atoms with Gasteiger partial charge in [0.05, 0.1) is 0 Å². The molecule has 2 aromatic carbocycles. The molecular weight excluding hydrogens is 290 g/mol. The van der Waals surface area contributed by atoms with Crippen LogP contribution in [0.1, 0.15) is 42.0 Å². The zero-order chi connectivity index (χ0) is 17.1. The minimum Gasteiger partial charge on any atom is -0.299 e. The fourth-order valence-corrected chi connectivity index (χ4v) is 3.59. The molecular formula is C23H29N. The highest BCUT2D eigenvalue weighted by Gasteiger charge is 2.15. The standard InChI is InChI=1S/C23H29N/c1-5-21-15-23(13-18(3)19(21)4)22-8-6-7-20(14-22)16-24-11-9-17(2)10-12-24/h5-8,13-15,17H,1,9-12,16H2,2-4H3. The molecule has 1 heterocycles. The van der Waals surface area contributed by atoms with E-state index in [4.69, 9.17) is 0 Å². The van der Waals surface area contributed by atoms with Gasteiger partial charge in [0.2, 0.25) is 0 Å². The zero-order valence-electron chi connectivity index (χ0n) is 15.3. The molecule has 0 aromatic heterocycles. The van der Waals surface area contributed by atoms with Crippen LogP contribution >= 0.6 is 0 Å². The third-order valence-corrected chi connectivity index (χ3v) is 5.47. The van der Waals surface area contributed by atoms with Crippen molar-refractivity contribution in [2.45, 2.75) is 40.2 Å². The van der Waals surface area contributed by atoms with E-state index < -0.39 is 0 Å². The third-order valence-electron chi connectivity index (χ3n) is 5.47. The first kappa shape index (κ1) is 17.0. The van der Waals surface area contributed by atoms with Gasteiger partial charge in [0.1, 0.15) is 0 Å². The summed E-state index contributed by atoms with van der Waals surface area (Å²) in [5.41, 5.74) is 7.91. The van der Waals surface area contributed by atoms with E-state index in [1.54, 1.807) is 0 Å². The Morgan fingerprint density at radius 3 is 2.54 bits per heavy atom. The van der Waals surface area contributed by atoms with Crippen molar-refractivity contribution >= 4 is 6.08 Å². The summed E-state index contributed by atoms with van der Waals surface area (Å²) in [4.78, 5) is 2.59. The SMILES string of the molecule is C=Cc1cc(-c2cccc(CN3CCC(C)CC3)c2)cc(C)c1C. The molecule has 0 N–H and O–H groups in total. The van der Waals surface area contributed by atoms with Gasteiger partial charge in [-0.15, -0.1) is 0 Å². The highest BCUT2D eigenvalue weighted by Crippen LogP contribution is 2.27. The van der Waals surface area contributed by atoms with Crippen LogP contribution in [0.15, 0.2) is 43.0 Å². The predicted octanol–water partition coefficient (Wildman–Crippen LogP) is 5.85. The predicted molar refractivity (Wildman–Crippen MR) is 105 cm³/mol. The smallest absolute Gasteiger partial charge is 0.0233 e. The van der Waals surface area contributed by atoms with Crippen LogP contribution in [0.25, 0.3) is 17.2 Å². The zero-order valence-corrected chi connectivity index (χ0v) is 15.3. The molecule has 2 aromatic rings. The second kappa shape index (κ2) is 7.36. The molecule has 0 unspecified atom stereocenters. The van der Waals surface area contributed by atoms with Crippen LogP contribution in [0.2, 0.25) is 0 Å². The van der Waals surface area contributed by atoms with Gasteiger partial charge < -0.3 is 0 Å². The molecule has 0 radical (unpaired) electrons. The molecule has 24 heavy (non-hydrogen) atoms. The van der Waals surface area contributed by atoms with Gasteiger partial charge in [-0.2, -0.15) is 0 Å². The molecule has 0 bridgehead atoms. The fourth-order valence-electron chi connectivity index (χ4n) is 3.59. The molecule has 1 aliphatic heterocycles. The normalized spacial score (nSPS) is 16.3. The van der Waals surface area contributed by atoms with Crippen LogP contribution in [0.3, 0.4) is 0 Å². The second-order valence-corrected chi connectivity index (χ2v) is 7.37. The average molecular weight is 319 g/mol. The first-order valence-corrected chi connectivity index (χ1v) is 9.12. The molecule has 1 aliphatic rings. The topological polar surface area (TPSA) is 3.24 Å². The van der Waals surface area contributed by atoms with Crippen molar-refractivity contribution in [3.05, 3.63) is 65.2 Å². The molecule has 1 saturated heterocycles. The average Bonchev–Trinajstić information content (AvgIpc) is 2.59. The van der Waals surface area contributed by atoms with Crippen molar-refractivity contribution < 1.29 is 0 Å². The number of hydrogen-bond donors (Lipinski definition) is 0. The van der Waals surface area contributed by atoms with E-state index in [1.807, 2.05) is 6.08 Å². The van der Waals surface area contributed by atoms with E-state index >= 15 is 0 Å². The molecule has 0 aliphatic carbocycles. The van der Waals surface area contributed by atoms with E-state index in [0.717, 1.165) is 12.5 Å². The third kappa shape index (κ3) is 3.79. The number of hydrogen-bond acceptors (Lipinski definition) is 1. The van der Waals surface area contributed by atoms with Gasteiger partial charge in [-0.05, 0) is 91.2 Å². The van der Waals surface area contributed by atoms with Gasteiger partial charge >= 0.3 is 0 Å². The molecule has 0 spiro atoms. The molecule has 1 fully saturated rings. The fraction of sp³-hybridized carbons (Fsp3) is 0.391. The van der Waals surface area contributed by atoms with Crippen molar-refractivity contribution in [1.82, 2.24) is 4.90 Å². The summed E-state index contributed by atoms with van der Waals surface area (Å²) in [6, 6.07) is 13.6. The Morgan fingerprint density at radius 2 is 1.83 bits per heavy atom. The first-order chi connectivity index (χ1) is 11.6. The molecule has 0 amide bonds. The van der Waals surface area contributed by atoms with Crippen LogP contribution in [0, 0.1) is 19.8 Å². The first-order valence-electron chi connectivity index (χ1n) is 9.12. The van der Waals surface area contributed by atoms with E-state index in [2.05, 4.69) is 68.6 Å². The van der Waals surface area contributed by atoms with Gasteiger partial charge in [0, 0.05) is 6.54 Å². The summed E-state index contributed by atoms with van der Waals surface area (Å²) < 4.78 is 0. The van der Waals surface area contributed by atoms with E-state index in [-0.39, 0.29) is 0 Å². The number of benzene rings is 2. The van der Waals surface area contributed by atoms with Gasteiger partial charge in [0.15, 0.2) is 0 Å². The summed E-state index contributed by atoms with van der Waals surface area (Å²) >= 11 is 0. The number of nitrogens with zero attached hydrogens (tertiary/aromatic N) is 1. The van der Waals surface area contributed by atoms with Crippen molar-refractivity contribution in [2.75, 3.05) is 13.1 Å². The Hall–Kier alpha value is -1.86. The summed E-state index contributed by atoms with van der Waals surface area (Å²) in [6.45, 7) is 14.2. The lowest BCUT2D eigenvalue weighted by molar-refractivity contribution is 0.185. The largest absolute Gasteiger partial charge is 0.299 e. The highest BCUT2D eigenvalue weighted by molar-refractivity contribution is 5.70. The van der Waals surface area contributed by atoms with Crippen LogP contribution in [0.5, 0.6) is 0 Å². The quantitative estimate of drug-likeness (QED) is 0.683. The second-order valence-electron chi connectivity index (χ2n) is 7.37. The maximum absolute atomic E-state index is 3.96. The molecule has 126 valence electrons. The maximum atomic E-state index is 3.96. The van der Waals surface area contributed by atoms with Crippen LogP contribution < -0.4 is 0 Å². The van der Waals surface area contributed by atoms with E-state index in [9.17, 15) is 0 Å². The number of likely N-dealkylation sites (tertiary alicyclic amines) is 1. The maximum Gasteiger partial charge on any atom is 0.0233 e. The Balaban J connectivity index is 1.83. The molecule has 1 heteroatoms. The monoisotopic (exact) mass is 319 g/mol. The number of rotatable bonds is 4. The number of piperidine rings is 1. The molecule has 0 saturated carbocycles. The van der Waals surface area contributed by atoms with E-state index in [0.29, 0.717) is 0 Å². The lowest BCUT2D eigenvalue weighted by atomic mass is 9.94. The lowest BCUT2D eigenvalue weighted by Crippen LogP contribution is -2.32. The van der Waals surface area contributed by atoms with Crippen molar-refractivity contribution in [3.8, 4) is 11.1 Å². The Labute approximate surface area is 147 Å². The number of aryl methyl sites for hydroxylation is 1. The summed E-state index contributed by atoms with van der Waals surface area (Å²) in [7, 11) is 0. The Morgan fingerprint density at radius 1 is 1.08 bits per heavy atom. The van der Waals surface area contributed by atoms with E-state index in [1.165, 1.54) is 59.3 Å². The van der Waals surface area contributed by atoms with Crippen LogP contribution in [0.4, 0.5) is 0 Å². The van der Waals surface area contributed by atoms with Crippen molar-refractivity contribution in [3.63, 3.8) is 0 Å². The van der Waals surface area contributed by atoms with Crippen molar-refractivity contribution in [2.24, 2.45) is 5.92 Å². The molecule has 3 rings (SSSR count). The van der Waals surface area contributed by atoms with Gasteiger partial charge in [-0.3, -0.25) is 4.90 Å². The minimum atomic E-state index is 0.889. The lowest BCUT2D eigenvalue weighted by Gasteiger charge is -2.30. The van der Waals surface area contributed by atoms with Crippen LogP contribution in [-0.4, -0.2) is 18.0 Å². The summed E-state index contributed by atoms with van der Waals surface area (Å²) in [5, 5.41) is 0. The van der Waals surface area contributed by atoms with Gasteiger partial charge in [0.25, 0.3) is 0 Å². The highest BCUT2D eigenvalue weighted by atomic mass is 15.1. The van der Waals surface area contributed by atoms with Gasteiger partial charge in [-0.25, -0.2) is 0 Å². The van der Waals surface area contributed by atoms with Crippen LogP contribution in [-0.2, 0) is 6.54 Å². The summed E-state index contributed by atoms with van der Waals surface area (Å²) in [6.07, 6.45) is 4.63.